The van der Waals surface area contributed by atoms with Crippen molar-refractivity contribution in [3.8, 4) is 0 Å². The van der Waals surface area contributed by atoms with E-state index in [0.717, 1.165) is 32.2 Å². The molecule has 4 heteroatoms. The first-order chi connectivity index (χ1) is 13.2. The van der Waals surface area contributed by atoms with Crippen LogP contribution in [0.2, 0.25) is 0 Å². The number of amides is 1. The Bertz CT molecular complexity index is 762. The first-order valence-corrected chi connectivity index (χ1v) is 9.89. The van der Waals surface area contributed by atoms with Gasteiger partial charge in [-0.15, -0.1) is 0 Å². The van der Waals surface area contributed by atoms with E-state index in [9.17, 15) is 9.59 Å². The second-order valence-electron chi connectivity index (χ2n) is 7.09. The van der Waals surface area contributed by atoms with Crippen molar-refractivity contribution < 1.29 is 9.59 Å². The molecular formula is C23H28N2O2. The third-order valence-corrected chi connectivity index (χ3v) is 5.16. The summed E-state index contributed by atoms with van der Waals surface area (Å²) in [6.07, 6.45) is 13.4. The first kappa shape index (κ1) is 19.2. The molecule has 2 aliphatic rings. The van der Waals surface area contributed by atoms with Crippen LogP contribution in [0.25, 0.3) is 0 Å². The van der Waals surface area contributed by atoms with Crippen LogP contribution in [0.5, 0.6) is 0 Å². The van der Waals surface area contributed by atoms with Crippen LogP contribution in [0.15, 0.2) is 65.9 Å². The Morgan fingerprint density at radius 3 is 2.78 bits per heavy atom. The molecule has 1 fully saturated rings. The molecule has 1 aromatic rings. The van der Waals surface area contributed by atoms with Crippen LogP contribution in [-0.4, -0.2) is 35.7 Å². The lowest BCUT2D eigenvalue weighted by Crippen LogP contribution is -2.45. The van der Waals surface area contributed by atoms with Gasteiger partial charge in [0.25, 0.3) is 5.91 Å². The maximum Gasteiger partial charge on any atom is 0.251 e. The molecule has 0 saturated carbocycles. The zero-order chi connectivity index (χ0) is 19.1. The number of benzene rings is 1. The van der Waals surface area contributed by atoms with Crippen LogP contribution in [0.3, 0.4) is 0 Å². The Hall–Kier alpha value is -2.62. The number of hydrogen-bond acceptors (Lipinski definition) is 3. The smallest absolute Gasteiger partial charge is 0.251 e. The molecular weight excluding hydrogens is 336 g/mol. The molecule has 1 N–H and O–H groups in total. The van der Waals surface area contributed by atoms with Gasteiger partial charge in [-0.1, -0.05) is 49.4 Å². The summed E-state index contributed by atoms with van der Waals surface area (Å²) in [6.45, 7) is 3.17. The number of hydrogen-bond donors (Lipinski definition) is 1. The summed E-state index contributed by atoms with van der Waals surface area (Å²) in [6, 6.07) is 8.60. The fourth-order valence-electron chi connectivity index (χ4n) is 3.64. The monoisotopic (exact) mass is 364 g/mol. The number of nitrogens with zero attached hydrogens (tertiary/aromatic N) is 1. The van der Waals surface area contributed by atoms with Crippen molar-refractivity contribution in [1.29, 1.82) is 0 Å². The molecule has 1 heterocycles. The van der Waals surface area contributed by atoms with Crippen molar-refractivity contribution in [2.75, 3.05) is 13.1 Å². The van der Waals surface area contributed by atoms with Crippen molar-refractivity contribution in [2.24, 2.45) is 0 Å². The number of fused-ring (bicyclic) bond motifs is 1. The Morgan fingerprint density at radius 1 is 1.19 bits per heavy atom. The van der Waals surface area contributed by atoms with Crippen molar-refractivity contribution in [1.82, 2.24) is 10.2 Å². The van der Waals surface area contributed by atoms with Crippen LogP contribution in [-0.2, 0) is 4.79 Å². The highest BCUT2D eigenvalue weighted by Gasteiger charge is 2.25. The third kappa shape index (κ3) is 4.97. The highest BCUT2D eigenvalue weighted by molar-refractivity contribution is 5.98. The van der Waals surface area contributed by atoms with Gasteiger partial charge in [0.15, 0.2) is 5.78 Å². The molecule has 1 aliphatic heterocycles. The highest BCUT2D eigenvalue weighted by Crippen LogP contribution is 2.27. The van der Waals surface area contributed by atoms with E-state index in [1.54, 1.807) is 12.1 Å². The van der Waals surface area contributed by atoms with Gasteiger partial charge in [-0.3, -0.25) is 9.59 Å². The Labute approximate surface area is 161 Å². The number of carbonyl (C=O) groups excluding carboxylic acids is 2. The van der Waals surface area contributed by atoms with Crippen molar-refractivity contribution in [3.63, 3.8) is 0 Å². The maximum atomic E-state index is 13.0. The summed E-state index contributed by atoms with van der Waals surface area (Å²) < 4.78 is 0. The number of nitrogens with one attached hydrogen (secondary N) is 1. The molecule has 4 nitrogen and oxygen atoms in total. The zero-order valence-corrected chi connectivity index (χ0v) is 16.0. The summed E-state index contributed by atoms with van der Waals surface area (Å²) in [5.74, 6) is -0.119. The van der Waals surface area contributed by atoms with Crippen LogP contribution < -0.4 is 5.32 Å². The summed E-state index contributed by atoms with van der Waals surface area (Å²) in [4.78, 5) is 27.6. The van der Waals surface area contributed by atoms with Crippen molar-refractivity contribution in [2.45, 2.75) is 45.1 Å². The number of carbonyl (C=O) groups is 2. The predicted octanol–water partition coefficient (Wildman–Crippen LogP) is 4.02. The number of likely N-dealkylation sites (tertiary alicyclic amines) is 1. The summed E-state index contributed by atoms with van der Waals surface area (Å²) in [5, 5.41) is 2.91. The van der Waals surface area contributed by atoms with E-state index in [0.29, 0.717) is 18.5 Å². The van der Waals surface area contributed by atoms with Gasteiger partial charge >= 0.3 is 0 Å². The molecule has 0 bridgehead atoms. The minimum absolute atomic E-state index is 0.0705. The van der Waals surface area contributed by atoms with Gasteiger partial charge in [-0.25, -0.2) is 0 Å². The van der Waals surface area contributed by atoms with Gasteiger partial charge in [0.1, 0.15) is 0 Å². The van der Waals surface area contributed by atoms with Crippen LogP contribution in [0.4, 0.5) is 0 Å². The molecule has 1 aliphatic carbocycles. The largest absolute Gasteiger partial charge is 0.364 e. The normalized spacial score (nSPS) is 17.7. The number of rotatable bonds is 6. The molecule has 0 aromatic heterocycles. The second-order valence-corrected chi connectivity index (χ2v) is 7.09. The minimum atomic E-state index is -0.460. The van der Waals surface area contributed by atoms with Gasteiger partial charge in [0.05, 0.1) is 12.6 Å². The fourth-order valence-corrected chi connectivity index (χ4v) is 3.64. The molecule has 27 heavy (non-hydrogen) atoms. The van der Waals surface area contributed by atoms with Crippen LogP contribution in [0.1, 0.15) is 49.4 Å². The number of Topliss-reactive ketones (excluding diaryl/α,β-unsaturated/α-hetero) is 1. The van der Waals surface area contributed by atoms with E-state index in [1.807, 2.05) is 25.1 Å². The predicted molar refractivity (Wildman–Crippen MR) is 108 cm³/mol. The average molecular weight is 364 g/mol. The Morgan fingerprint density at radius 2 is 2.00 bits per heavy atom. The average Bonchev–Trinajstić information content (AvgIpc) is 3.03. The maximum absolute atomic E-state index is 13.0. The van der Waals surface area contributed by atoms with Gasteiger partial charge in [-0.05, 0) is 49.8 Å². The van der Waals surface area contributed by atoms with Gasteiger partial charge < -0.3 is 10.2 Å². The molecule has 0 unspecified atom stereocenters. The Balaban J connectivity index is 1.68. The van der Waals surface area contributed by atoms with E-state index >= 15 is 0 Å². The lowest BCUT2D eigenvalue weighted by atomic mass is 10.1. The molecule has 0 radical (unpaired) electrons. The van der Waals surface area contributed by atoms with E-state index < -0.39 is 6.04 Å². The van der Waals surface area contributed by atoms with E-state index in [4.69, 9.17) is 0 Å². The molecule has 1 atom stereocenters. The van der Waals surface area contributed by atoms with Crippen molar-refractivity contribution >= 4 is 11.7 Å². The number of ketones is 1. The Kier molecular flexibility index (Phi) is 6.64. The molecule has 3 rings (SSSR count). The molecule has 142 valence electrons. The highest BCUT2D eigenvalue weighted by atomic mass is 16.2. The van der Waals surface area contributed by atoms with Gasteiger partial charge in [0.2, 0.25) is 0 Å². The zero-order valence-electron chi connectivity index (χ0n) is 16.0. The molecule has 1 amide bonds. The summed E-state index contributed by atoms with van der Waals surface area (Å²) in [7, 11) is 0. The van der Waals surface area contributed by atoms with E-state index in [1.165, 1.54) is 11.3 Å². The SMILES string of the molecule is CC[C@H](NC(=O)c1ccccc1)C(=O)CN1CCCCC2=CC=CCC=C21. The third-order valence-electron chi connectivity index (χ3n) is 5.16. The summed E-state index contributed by atoms with van der Waals surface area (Å²) >= 11 is 0. The fraction of sp³-hybridized carbons (Fsp3) is 0.391. The standard InChI is InChI=1S/C23H28N2O2/c1-2-20(24-23(27)19-13-6-3-7-14-19)22(26)17-25-16-10-9-12-18-11-5-4-8-15-21(18)25/h3-7,11,13-15,20H,2,8-10,12,16-17H2,1H3,(H,24,27)/t20-/m0/s1. The lowest BCUT2D eigenvalue weighted by Gasteiger charge is -2.28. The summed E-state index contributed by atoms with van der Waals surface area (Å²) in [5.41, 5.74) is 3.09. The second kappa shape index (κ2) is 9.36. The van der Waals surface area contributed by atoms with Gasteiger partial charge in [-0.2, -0.15) is 0 Å². The van der Waals surface area contributed by atoms with Crippen LogP contribution in [0, 0.1) is 0 Å². The van der Waals surface area contributed by atoms with E-state index in [-0.39, 0.29) is 11.7 Å². The quantitative estimate of drug-likeness (QED) is 0.829. The number of allylic oxidation sites excluding steroid dienone is 5. The first-order valence-electron chi connectivity index (χ1n) is 9.89. The van der Waals surface area contributed by atoms with Gasteiger partial charge in [0, 0.05) is 17.8 Å². The molecule has 1 saturated heterocycles. The lowest BCUT2D eigenvalue weighted by molar-refractivity contribution is -0.121. The topological polar surface area (TPSA) is 49.4 Å². The molecule has 1 aromatic carbocycles. The minimum Gasteiger partial charge on any atom is -0.364 e. The van der Waals surface area contributed by atoms with E-state index in [2.05, 4.69) is 34.5 Å². The van der Waals surface area contributed by atoms with Crippen LogP contribution >= 0.6 is 0 Å². The van der Waals surface area contributed by atoms with Crippen molar-refractivity contribution in [3.05, 3.63) is 71.5 Å². The molecule has 0 spiro atoms.